The van der Waals surface area contributed by atoms with Gasteiger partial charge in [-0.1, -0.05) is 30.3 Å². The highest BCUT2D eigenvalue weighted by molar-refractivity contribution is 5.83. The van der Waals surface area contributed by atoms with Crippen LogP contribution in [0.4, 0.5) is 13.2 Å². The normalized spacial score (nSPS) is 15.2. The first kappa shape index (κ1) is 25.9. The summed E-state index contributed by atoms with van der Waals surface area (Å²) in [6, 6.07) is 6.50. The quantitative estimate of drug-likeness (QED) is 0.407. The van der Waals surface area contributed by atoms with E-state index < -0.39 is 41.0 Å². The predicted octanol–water partition coefficient (Wildman–Crippen LogP) is 4.16. The molecule has 0 saturated carbocycles. The molecule has 0 fully saturated rings. The third-order valence-corrected chi connectivity index (χ3v) is 4.14. The topological polar surface area (TPSA) is 71.1 Å². The van der Waals surface area contributed by atoms with E-state index in [4.69, 9.17) is 18.9 Å². The number of hydrogen-bond acceptors (Lipinski definition) is 6. The molecule has 1 rings (SSSR count). The molecule has 0 bridgehead atoms. The summed E-state index contributed by atoms with van der Waals surface area (Å²) in [5.74, 6) is -2.33. The van der Waals surface area contributed by atoms with E-state index in [-0.39, 0.29) is 19.4 Å². The van der Waals surface area contributed by atoms with E-state index in [0.717, 1.165) is 19.2 Å². The van der Waals surface area contributed by atoms with Crippen LogP contribution < -0.4 is 0 Å². The number of carbonyl (C=O) groups excluding carboxylic acids is 2. The van der Waals surface area contributed by atoms with Crippen molar-refractivity contribution in [2.45, 2.75) is 63.5 Å². The number of alkyl halides is 3. The Labute approximate surface area is 174 Å². The fourth-order valence-electron chi connectivity index (χ4n) is 2.85. The van der Waals surface area contributed by atoms with Gasteiger partial charge in [0.15, 0.2) is 0 Å². The van der Waals surface area contributed by atoms with Crippen LogP contribution in [0.5, 0.6) is 0 Å². The van der Waals surface area contributed by atoms with Crippen LogP contribution in [0.25, 0.3) is 0 Å². The second-order valence-corrected chi connectivity index (χ2v) is 7.70. The number of halogens is 3. The standard InChI is InChI=1S/C21H29F3O6/c1-19(2,3)30-17(25)14-16(12-9-13-27-4)29-18(26)20(28-5,21(22,23)24)15-10-7-6-8-11-15/h6-8,10-11,16H,9,12-14H2,1-5H3/t16-,20-/m1/s1. The van der Waals surface area contributed by atoms with Crippen molar-refractivity contribution in [3.05, 3.63) is 35.9 Å². The SMILES string of the molecule is COCCC[C@H](CC(=O)OC(C)(C)C)OC(=O)[C@](OC)(c1ccccc1)C(F)(F)F. The number of benzene rings is 1. The molecule has 0 amide bonds. The van der Waals surface area contributed by atoms with Crippen LogP contribution in [0.3, 0.4) is 0 Å². The molecular formula is C21H29F3O6. The van der Waals surface area contributed by atoms with E-state index in [1.165, 1.54) is 25.3 Å². The maximum atomic E-state index is 14.0. The lowest BCUT2D eigenvalue weighted by Gasteiger charge is -2.33. The van der Waals surface area contributed by atoms with Crippen LogP contribution in [-0.4, -0.2) is 50.6 Å². The summed E-state index contributed by atoms with van der Waals surface area (Å²) in [7, 11) is 2.25. The Balaban J connectivity index is 3.16. The van der Waals surface area contributed by atoms with Crippen molar-refractivity contribution in [2.75, 3.05) is 20.8 Å². The molecule has 6 nitrogen and oxygen atoms in total. The zero-order chi connectivity index (χ0) is 23.0. The van der Waals surface area contributed by atoms with E-state index in [0.29, 0.717) is 6.42 Å². The van der Waals surface area contributed by atoms with E-state index in [9.17, 15) is 22.8 Å². The number of rotatable bonds is 10. The molecular weight excluding hydrogens is 405 g/mol. The van der Waals surface area contributed by atoms with Crippen molar-refractivity contribution in [1.82, 2.24) is 0 Å². The molecule has 0 unspecified atom stereocenters. The Morgan fingerprint density at radius 1 is 1.03 bits per heavy atom. The van der Waals surface area contributed by atoms with Gasteiger partial charge in [-0.3, -0.25) is 4.79 Å². The summed E-state index contributed by atoms with van der Waals surface area (Å²) >= 11 is 0. The van der Waals surface area contributed by atoms with Crippen molar-refractivity contribution >= 4 is 11.9 Å². The first-order chi connectivity index (χ1) is 13.9. The Hall–Kier alpha value is -2.13. The van der Waals surface area contributed by atoms with Crippen LogP contribution in [-0.2, 0) is 34.1 Å². The first-order valence-electron chi connectivity index (χ1n) is 9.46. The summed E-state index contributed by atoms with van der Waals surface area (Å²) in [6.07, 6.45) is -6.13. The largest absolute Gasteiger partial charge is 0.460 e. The van der Waals surface area contributed by atoms with Gasteiger partial charge in [-0.05, 0) is 33.6 Å². The van der Waals surface area contributed by atoms with Gasteiger partial charge in [0.25, 0.3) is 5.60 Å². The number of esters is 2. The number of hydrogen-bond donors (Lipinski definition) is 0. The summed E-state index contributed by atoms with van der Waals surface area (Å²) in [4.78, 5) is 25.0. The van der Waals surface area contributed by atoms with Gasteiger partial charge in [-0.2, -0.15) is 13.2 Å². The molecule has 0 N–H and O–H groups in total. The highest BCUT2D eigenvalue weighted by Crippen LogP contribution is 2.43. The minimum atomic E-state index is -5.09. The van der Waals surface area contributed by atoms with Crippen LogP contribution in [0, 0.1) is 0 Å². The Kier molecular flexibility index (Phi) is 9.30. The van der Waals surface area contributed by atoms with E-state index in [1.54, 1.807) is 20.8 Å². The lowest BCUT2D eigenvalue weighted by molar-refractivity contribution is -0.278. The van der Waals surface area contributed by atoms with Crippen LogP contribution in [0.2, 0.25) is 0 Å². The average molecular weight is 434 g/mol. The van der Waals surface area contributed by atoms with Crippen molar-refractivity contribution < 1.29 is 41.7 Å². The third kappa shape index (κ3) is 6.98. The minimum Gasteiger partial charge on any atom is -0.460 e. The van der Waals surface area contributed by atoms with Gasteiger partial charge in [-0.25, -0.2) is 4.79 Å². The molecule has 0 aliphatic heterocycles. The number of ether oxygens (including phenoxy) is 4. The predicted molar refractivity (Wildman–Crippen MR) is 103 cm³/mol. The summed E-state index contributed by atoms with van der Waals surface area (Å²) in [5, 5.41) is 0. The third-order valence-electron chi connectivity index (χ3n) is 4.14. The van der Waals surface area contributed by atoms with Gasteiger partial charge in [0, 0.05) is 26.4 Å². The Bertz CT molecular complexity index is 684. The molecule has 2 atom stereocenters. The molecule has 0 spiro atoms. The molecule has 30 heavy (non-hydrogen) atoms. The van der Waals surface area contributed by atoms with Gasteiger partial charge in [0.05, 0.1) is 6.42 Å². The second kappa shape index (κ2) is 10.8. The van der Waals surface area contributed by atoms with Crippen LogP contribution in [0.15, 0.2) is 30.3 Å². The Morgan fingerprint density at radius 3 is 2.10 bits per heavy atom. The zero-order valence-corrected chi connectivity index (χ0v) is 17.9. The van der Waals surface area contributed by atoms with Crippen molar-refractivity contribution in [2.24, 2.45) is 0 Å². The van der Waals surface area contributed by atoms with Crippen molar-refractivity contribution in [3.63, 3.8) is 0 Å². The highest BCUT2D eigenvalue weighted by Gasteiger charge is 2.64. The number of methoxy groups -OCH3 is 2. The van der Waals surface area contributed by atoms with Gasteiger partial charge in [0.2, 0.25) is 0 Å². The highest BCUT2D eigenvalue weighted by atomic mass is 19.4. The van der Waals surface area contributed by atoms with E-state index in [2.05, 4.69) is 0 Å². The second-order valence-electron chi connectivity index (χ2n) is 7.70. The summed E-state index contributed by atoms with van der Waals surface area (Å²) < 4.78 is 62.1. The maximum Gasteiger partial charge on any atom is 0.432 e. The summed E-state index contributed by atoms with van der Waals surface area (Å²) in [6.45, 7) is 5.26. The smallest absolute Gasteiger partial charge is 0.432 e. The Morgan fingerprint density at radius 2 is 1.63 bits per heavy atom. The van der Waals surface area contributed by atoms with Crippen molar-refractivity contribution in [3.8, 4) is 0 Å². The van der Waals surface area contributed by atoms with E-state index >= 15 is 0 Å². The van der Waals surface area contributed by atoms with Crippen LogP contribution >= 0.6 is 0 Å². The molecule has 0 aliphatic carbocycles. The molecule has 9 heteroatoms. The molecule has 0 radical (unpaired) electrons. The lowest BCUT2D eigenvalue weighted by Crippen LogP contribution is -2.52. The van der Waals surface area contributed by atoms with Gasteiger partial charge >= 0.3 is 18.1 Å². The molecule has 0 heterocycles. The summed E-state index contributed by atoms with van der Waals surface area (Å²) in [5.41, 5.74) is -4.52. The van der Waals surface area contributed by atoms with Gasteiger partial charge in [0.1, 0.15) is 11.7 Å². The zero-order valence-electron chi connectivity index (χ0n) is 17.9. The maximum absolute atomic E-state index is 14.0. The van der Waals surface area contributed by atoms with E-state index in [1.807, 2.05) is 0 Å². The monoisotopic (exact) mass is 434 g/mol. The van der Waals surface area contributed by atoms with Crippen molar-refractivity contribution in [1.29, 1.82) is 0 Å². The average Bonchev–Trinajstić information content (AvgIpc) is 2.61. The fraction of sp³-hybridized carbons (Fsp3) is 0.619. The lowest BCUT2D eigenvalue weighted by atomic mass is 9.92. The first-order valence-corrected chi connectivity index (χ1v) is 9.46. The fourth-order valence-corrected chi connectivity index (χ4v) is 2.85. The number of carbonyl (C=O) groups is 2. The molecule has 0 aliphatic rings. The van der Waals surface area contributed by atoms with Gasteiger partial charge in [-0.15, -0.1) is 0 Å². The van der Waals surface area contributed by atoms with Gasteiger partial charge < -0.3 is 18.9 Å². The molecule has 170 valence electrons. The molecule has 1 aromatic rings. The molecule has 1 aromatic carbocycles. The van der Waals surface area contributed by atoms with Crippen LogP contribution in [0.1, 0.15) is 45.6 Å². The molecule has 0 aromatic heterocycles. The minimum absolute atomic E-state index is 0.116. The molecule has 0 saturated heterocycles.